The van der Waals surface area contributed by atoms with E-state index in [2.05, 4.69) is 35.6 Å². The summed E-state index contributed by atoms with van der Waals surface area (Å²) in [4.78, 5) is 0. The fourth-order valence-electron chi connectivity index (χ4n) is 3.23. The molecular formula is C22H23NO2. The van der Waals surface area contributed by atoms with E-state index < -0.39 is 0 Å². The molecule has 128 valence electrons. The lowest BCUT2D eigenvalue weighted by atomic mass is 10.1. The number of hydrogen-bond acceptors (Lipinski definition) is 3. The van der Waals surface area contributed by atoms with Crippen molar-refractivity contribution in [3.63, 3.8) is 0 Å². The summed E-state index contributed by atoms with van der Waals surface area (Å²) in [5.41, 5.74) is 2.33. The van der Waals surface area contributed by atoms with Gasteiger partial charge < -0.3 is 14.5 Å². The number of benzene rings is 2. The molecule has 0 saturated carbocycles. The maximum Gasteiger partial charge on any atom is 0.134 e. The van der Waals surface area contributed by atoms with Crippen LogP contribution in [0.1, 0.15) is 24.2 Å². The van der Waals surface area contributed by atoms with Crippen LogP contribution in [0.15, 0.2) is 71.1 Å². The van der Waals surface area contributed by atoms with Crippen molar-refractivity contribution in [1.29, 1.82) is 0 Å². The minimum absolute atomic E-state index is 0.499. The lowest BCUT2D eigenvalue weighted by molar-refractivity contribution is 0.277. The zero-order valence-corrected chi connectivity index (χ0v) is 14.3. The van der Waals surface area contributed by atoms with E-state index in [1.54, 1.807) is 0 Å². The monoisotopic (exact) mass is 333 g/mol. The molecule has 1 aliphatic rings. The van der Waals surface area contributed by atoms with Crippen molar-refractivity contribution >= 4 is 0 Å². The van der Waals surface area contributed by atoms with Crippen molar-refractivity contribution in [2.24, 2.45) is 0 Å². The summed E-state index contributed by atoms with van der Waals surface area (Å²) >= 11 is 0. The molecule has 1 unspecified atom stereocenters. The van der Waals surface area contributed by atoms with Gasteiger partial charge >= 0.3 is 0 Å². The molecule has 0 aliphatic carbocycles. The first-order chi connectivity index (χ1) is 12.4. The predicted molar refractivity (Wildman–Crippen MR) is 99.9 cm³/mol. The molecule has 2 heterocycles. The Morgan fingerprint density at radius 2 is 1.80 bits per heavy atom. The molecule has 3 nitrogen and oxygen atoms in total. The molecule has 1 saturated heterocycles. The third-order valence-electron chi connectivity index (χ3n) is 4.64. The molecule has 0 spiro atoms. The van der Waals surface area contributed by atoms with Gasteiger partial charge in [-0.3, -0.25) is 0 Å². The van der Waals surface area contributed by atoms with Gasteiger partial charge in [0.2, 0.25) is 0 Å². The van der Waals surface area contributed by atoms with E-state index in [1.165, 1.54) is 18.4 Å². The minimum Gasteiger partial charge on any atom is -0.492 e. The quantitative estimate of drug-likeness (QED) is 0.712. The second kappa shape index (κ2) is 7.58. The molecule has 1 atom stereocenters. The van der Waals surface area contributed by atoms with Crippen LogP contribution in [0.2, 0.25) is 0 Å². The van der Waals surface area contributed by atoms with Crippen LogP contribution in [-0.4, -0.2) is 19.2 Å². The van der Waals surface area contributed by atoms with E-state index in [0.717, 1.165) is 42.4 Å². The van der Waals surface area contributed by atoms with E-state index in [-0.39, 0.29) is 0 Å². The maximum atomic E-state index is 5.98. The first-order valence-corrected chi connectivity index (χ1v) is 8.96. The number of hydrogen-bond donors (Lipinski definition) is 1. The Bertz CT molecular complexity index is 786. The van der Waals surface area contributed by atoms with Crippen molar-refractivity contribution in [2.75, 3.05) is 13.2 Å². The topological polar surface area (TPSA) is 34.4 Å². The summed E-state index contributed by atoms with van der Waals surface area (Å²) in [5, 5.41) is 3.45. The first-order valence-electron chi connectivity index (χ1n) is 8.96. The zero-order valence-electron chi connectivity index (χ0n) is 14.3. The average Bonchev–Trinajstić information content (AvgIpc) is 3.34. The van der Waals surface area contributed by atoms with Crippen molar-refractivity contribution < 1.29 is 9.15 Å². The third-order valence-corrected chi connectivity index (χ3v) is 4.64. The Morgan fingerprint density at radius 1 is 0.960 bits per heavy atom. The molecule has 2 aromatic carbocycles. The normalized spacial score (nSPS) is 16.9. The zero-order chi connectivity index (χ0) is 16.9. The highest BCUT2D eigenvalue weighted by Crippen LogP contribution is 2.24. The lowest BCUT2D eigenvalue weighted by Crippen LogP contribution is -2.28. The van der Waals surface area contributed by atoms with Crippen LogP contribution < -0.4 is 10.1 Å². The molecular weight excluding hydrogens is 310 g/mol. The van der Waals surface area contributed by atoms with Gasteiger partial charge in [0.05, 0.1) is 0 Å². The average molecular weight is 333 g/mol. The molecule has 1 fully saturated rings. The van der Waals surface area contributed by atoms with Crippen molar-refractivity contribution in [3.8, 4) is 17.1 Å². The molecule has 1 N–H and O–H groups in total. The SMILES string of the molecule is c1ccc(-c2ccc(Cc3ccc(OCC4CCCN4)cc3)o2)cc1. The summed E-state index contributed by atoms with van der Waals surface area (Å²) in [5.74, 6) is 2.82. The van der Waals surface area contributed by atoms with E-state index >= 15 is 0 Å². The standard InChI is InChI=1S/C22H23NO2/c1-2-5-18(6-3-1)22-13-12-21(25-22)15-17-8-10-20(11-9-17)24-16-19-7-4-14-23-19/h1-3,5-6,8-13,19,23H,4,7,14-16H2. The highest BCUT2D eigenvalue weighted by Gasteiger charge is 2.14. The van der Waals surface area contributed by atoms with E-state index in [1.807, 2.05) is 36.4 Å². The molecule has 0 bridgehead atoms. The van der Waals surface area contributed by atoms with E-state index in [9.17, 15) is 0 Å². The number of furan rings is 1. The summed E-state index contributed by atoms with van der Waals surface area (Å²) in [6, 6.07) is 23.1. The number of ether oxygens (including phenoxy) is 1. The van der Waals surface area contributed by atoms with Crippen LogP contribution >= 0.6 is 0 Å². The second-order valence-electron chi connectivity index (χ2n) is 6.56. The van der Waals surface area contributed by atoms with Crippen LogP contribution in [0.4, 0.5) is 0 Å². The highest BCUT2D eigenvalue weighted by molar-refractivity contribution is 5.57. The number of nitrogens with one attached hydrogen (secondary N) is 1. The Hall–Kier alpha value is -2.52. The van der Waals surface area contributed by atoms with Gasteiger partial charge in [-0.1, -0.05) is 42.5 Å². The Kier molecular flexibility index (Phi) is 4.84. The molecule has 3 heteroatoms. The molecule has 1 aromatic heterocycles. The second-order valence-corrected chi connectivity index (χ2v) is 6.56. The van der Waals surface area contributed by atoms with Crippen LogP contribution in [0, 0.1) is 0 Å². The molecule has 0 amide bonds. The van der Waals surface area contributed by atoms with Crippen LogP contribution in [0.5, 0.6) is 5.75 Å². The fraction of sp³-hybridized carbons (Fsp3) is 0.273. The van der Waals surface area contributed by atoms with Gasteiger partial charge in [0, 0.05) is 18.0 Å². The van der Waals surface area contributed by atoms with Crippen LogP contribution in [0.3, 0.4) is 0 Å². The van der Waals surface area contributed by atoms with Gasteiger partial charge in [-0.2, -0.15) is 0 Å². The smallest absolute Gasteiger partial charge is 0.134 e. The molecule has 0 radical (unpaired) electrons. The lowest BCUT2D eigenvalue weighted by Gasteiger charge is -2.12. The Balaban J connectivity index is 1.35. The van der Waals surface area contributed by atoms with Gasteiger partial charge in [-0.25, -0.2) is 0 Å². The summed E-state index contributed by atoms with van der Waals surface area (Å²) < 4.78 is 11.9. The van der Waals surface area contributed by atoms with Gasteiger partial charge in [0.1, 0.15) is 23.9 Å². The largest absolute Gasteiger partial charge is 0.492 e. The Morgan fingerprint density at radius 3 is 2.56 bits per heavy atom. The van der Waals surface area contributed by atoms with Crippen molar-refractivity contribution in [2.45, 2.75) is 25.3 Å². The van der Waals surface area contributed by atoms with Gasteiger partial charge in [-0.05, 0) is 49.2 Å². The fourth-order valence-corrected chi connectivity index (χ4v) is 3.23. The molecule has 3 aromatic rings. The van der Waals surface area contributed by atoms with E-state index in [4.69, 9.17) is 9.15 Å². The van der Waals surface area contributed by atoms with Crippen LogP contribution in [-0.2, 0) is 6.42 Å². The van der Waals surface area contributed by atoms with Gasteiger partial charge in [0.25, 0.3) is 0 Å². The van der Waals surface area contributed by atoms with Crippen LogP contribution in [0.25, 0.3) is 11.3 Å². The summed E-state index contributed by atoms with van der Waals surface area (Å²) in [7, 11) is 0. The molecule has 25 heavy (non-hydrogen) atoms. The number of rotatable bonds is 6. The van der Waals surface area contributed by atoms with E-state index in [0.29, 0.717) is 6.04 Å². The summed E-state index contributed by atoms with van der Waals surface area (Å²) in [6.07, 6.45) is 3.25. The molecule has 4 rings (SSSR count). The third kappa shape index (κ3) is 4.12. The minimum atomic E-state index is 0.499. The van der Waals surface area contributed by atoms with Crippen molar-refractivity contribution in [1.82, 2.24) is 5.32 Å². The predicted octanol–water partition coefficient (Wildman–Crippen LogP) is 4.67. The van der Waals surface area contributed by atoms with Crippen molar-refractivity contribution in [3.05, 3.63) is 78.1 Å². The Labute approximate surface area is 148 Å². The van der Waals surface area contributed by atoms with Gasteiger partial charge in [0.15, 0.2) is 0 Å². The highest BCUT2D eigenvalue weighted by atomic mass is 16.5. The maximum absolute atomic E-state index is 5.98. The van der Waals surface area contributed by atoms with Gasteiger partial charge in [-0.15, -0.1) is 0 Å². The molecule has 1 aliphatic heterocycles. The summed E-state index contributed by atoms with van der Waals surface area (Å²) in [6.45, 7) is 1.86. The first kappa shape index (κ1) is 16.0.